The summed E-state index contributed by atoms with van der Waals surface area (Å²) >= 11 is 6.28. The maximum Gasteiger partial charge on any atom is 0.0410 e. The van der Waals surface area contributed by atoms with Crippen LogP contribution < -0.4 is 5.32 Å². The van der Waals surface area contributed by atoms with Crippen molar-refractivity contribution in [3.8, 4) is 0 Å². The molecule has 0 aromatic heterocycles. The molecule has 1 saturated heterocycles. The molecule has 2 aliphatic carbocycles. The van der Waals surface area contributed by atoms with Crippen molar-refractivity contribution >= 4 is 17.3 Å². The van der Waals surface area contributed by atoms with Crippen LogP contribution in [0.25, 0.3) is 0 Å². The van der Waals surface area contributed by atoms with E-state index in [0.717, 1.165) is 29.4 Å². The van der Waals surface area contributed by atoms with Crippen LogP contribution in [0.4, 0.5) is 5.69 Å². The quantitative estimate of drug-likeness (QED) is 0.804. The molecule has 3 heteroatoms. The lowest BCUT2D eigenvalue weighted by atomic mass is 9.73. The molecule has 2 bridgehead atoms. The van der Waals surface area contributed by atoms with Gasteiger partial charge in [-0.25, -0.2) is 0 Å². The van der Waals surface area contributed by atoms with Gasteiger partial charge in [0.25, 0.3) is 0 Å². The van der Waals surface area contributed by atoms with E-state index in [1.54, 1.807) is 0 Å². The minimum Gasteiger partial charge on any atom is -0.384 e. The Hall–Kier alpha value is -0.730. The highest BCUT2D eigenvalue weighted by atomic mass is 35.5. The molecule has 0 radical (unpaired) electrons. The van der Waals surface area contributed by atoms with Gasteiger partial charge in [-0.1, -0.05) is 24.4 Å². The largest absolute Gasteiger partial charge is 0.384 e. The number of likely N-dealkylation sites (tertiary alicyclic amines) is 1. The predicted molar refractivity (Wildman–Crippen MR) is 96.3 cm³/mol. The molecule has 2 nitrogen and oxygen atoms in total. The van der Waals surface area contributed by atoms with Gasteiger partial charge in [-0.2, -0.15) is 0 Å². The minimum atomic E-state index is 0.338. The third kappa shape index (κ3) is 2.41. The number of anilines is 1. The van der Waals surface area contributed by atoms with Crippen LogP contribution in [-0.2, 0) is 5.41 Å². The van der Waals surface area contributed by atoms with Crippen LogP contribution in [0.15, 0.2) is 18.2 Å². The van der Waals surface area contributed by atoms with Gasteiger partial charge >= 0.3 is 0 Å². The number of halogens is 1. The van der Waals surface area contributed by atoms with Crippen LogP contribution in [0, 0.1) is 11.8 Å². The number of hydrogen-bond donors (Lipinski definition) is 1. The minimum absolute atomic E-state index is 0.338. The van der Waals surface area contributed by atoms with Crippen molar-refractivity contribution < 1.29 is 0 Å². The average molecular weight is 331 g/mol. The number of hydrogen-bond acceptors (Lipinski definition) is 2. The molecule has 3 fully saturated rings. The van der Waals surface area contributed by atoms with Crippen molar-refractivity contribution in [2.75, 3.05) is 25.0 Å². The van der Waals surface area contributed by atoms with Crippen molar-refractivity contribution in [2.45, 2.75) is 56.4 Å². The predicted octanol–water partition coefficient (Wildman–Crippen LogP) is 4.68. The molecular formula is C20H27ClN2. The van der Waals surface area contributed by atoms with Gasteiger partial charge in [-0.05, 0) is 80.8 Å². The Kier molecular flexibility index (Phi) is 3.42. The molecule has 2 saturated carbocycles. The number of fused-ring (bicyclic) bond motifs is 4. The Bertz CT molecular complexity index is 594. The third-order valence-corrected chi connectivity index (χ3v) is 7.54. The van der Waals surface area contributed by atoms with Gasteiger partial charge in [0.15, 0.2) is 0 Å². The first kappa shape index (κ1) is 14.6. The number of nitrogens with one attached hydrogen (secondary N) is 1. The lowest BCUT2D eigenvalue weighted by molar-refractivity contribution is 0.0796. The second-order valence-corrected chi connectivity index (χ2v) is 8.97. The van der Waals surface area contributed by atoms with Crippen LogP contribution >= 0.6 is 11.6 Å². The summed E-state index contributed by atoms with van der Waals surface area (Å²) in [7, 11) is 0. The van der Waals surface area contributed by atoms with E-state index >= 15 is 0 Å². The maximum atomic E-state index is 6.28. The fourth-order valence-electron chi connectivity index (χ4n) is 6.00. The smallest absolute Gasteiger partial charge is 0.0410 e. The summed E-state index contributed by atoms with van der Waals surface area (Å²) in [6.07, 6.45) is 10.1. The normalized spacial score (nSPS) is 35.3. The standard InChI is InChI=1S/C20H27ClN2/c21-16-3-4-19-18(12-16)20(13-22-19)5-7-23(8-6-20)17-10-14-1-2-15(9-14)11-17/h3-4,12,14-15,17,22H,1-2,5-11,13H2. The van der Waals surface area contributed by atoms with Crippen LogP contribution in [-0.4, -0.2) is 30.6 Å². The van der Waals surface area contributed by atoms with Crippen LogP contribution in [0.1, 0.15) is 50.5 Å². The SMILES string of the molecule is Clc1ccc2c(c1)C1(CCN(C3CC4CCC(C4)C3)CC1)CN2. The monoisotopic (exact) mass is 330 g/mol. The van der Waals surface area contributed by atoms with E-state index in [-0.39, 0.29) is 0 Å². The second kappa shape index (κ2) is 5.39. The molecule has 2 unspecified atom stereocenters. The van der Waals surface area contributed by atoms with E-state index in [0.29, 0.717) is 5.41 Å². The molecule has 2 atom stereocenters. The first-order valence-electron chi connectivity index (χ1n) is 9.50. The van der Waals surface area contributed by atoms with Crippen molar-refractivity contribution in [1.29, 1.82) is 0 Å². The number of nitrogens with zero attached hydrogens (tertiary/aromatic N) is 1. The molecule has 1 spiro atoms. The summed E-state index contributed by atoms with van der Waals surface area (Å²) in [6, 6.07) is 7.27. The van der Waals surface area contributed by atoms with Crippen molar-refractivity contribution in [2.24, 2.45) is 11.8 Å². The molecule has 4 aliphatic rings. The van der Waals surface area contributed by atoms with Gasteiger partial charge in [-0.15, -0.1) is 0 Å². The molecule has 1 aromatic carbocycles. The van der Waals surface area contributed by atoms with Gasteiger partial charge in [0.1, 0.15) is 0 Å². The Morgan fingerprint density at radius 1 is 1.04 bits per heavy atom. The zero-order valence-electron chi connectivity index (χ0n) is 13.9. The first-order valence-corrected chi connectivity index (χ1v) is 9.88. The summed E-state index contributed by atoms with van der Waals surface area (Å²) in [4.78, 5) is 2.83. The molecule has 23 heavy (non-hydrogen) atoms. The van der Waals surface area contributed by atoms with Crippen molar-refractivity contribution in [3.05, 3.63) is 28.8 Å². The van der Waals surface area contributed by atoms with Gasteiger partial charge in [0, 0.05) is 28.7 Å². The fraction of sp³-hybridized carbons (Fsp3) is 0.700. The highest BCUT2D eigenvalue weighted by molar-refractivity contribution is 6.30. The summed E-state index contributed by atoms with van der Waals surface area (Å²) < 4.78 is 0. The van der Waals surface area contributed by atoms with Crippen LogP contribution in [0.5, 0.6) is 0 Å². The second-order valence-electron chi connectivity index (χ2n) is 8.53. The van der Waals surface area contributed by atoms with Crippen molar-refractivity contribution in [1.82, 2.24) is 4.90 Å². The van der Waals surface area contributed by atoms with E-state index in [4.69, 9.17) is 11.6 Å². The topological polar surface area (TPSA) is 15.3 Å². The van der Waals surface area contributed by atoms with Gasteiger partial charge in [0.05, 0.1) is 0 Å². The average Bonchev–Trinajstić information content (AvgIpc) is 3.09. The van der Waals surface area contributed by atoms with E-state index in [1.807, 2.05) is 6.07 Å². The van der Waals surface area contributed by atoms with E-state index in [9.17, 15) is 0 Å². The molecule has 2 heterocycles. The van der Waals surface area contributed by atoms with E-state index < -0.39 is 0 Å². The molecule has 0 amide bonds. The molecule has 1 N–H and O–H groups in total. The summed E-state index contributed by atoms with van der Waals surface area (Å²) in [6.45, 7) is 3.65. The summed E-state index contributed by atoms with van der Waals surface area (Å²) in [5.74, 6) is 2.09. The Balaban J connectivity index is 1.31. The molecule has 5 rings (SSSR count). The molecule has 2 aliphatic heterocycles. The van der Waals surface area contributed by atoms with E-state index in [1.165, 1.54) is 69.3 Å². The Labute approximate surface area is 144 Å². The highest BCUT2D eigenvalue weighted by Gasteiger charge is 2.44. The molecule has 124 valence electrons. The third-order valence-electron chi connectivity index (χ3n) is 7.30. The lowest BCUT2D eigenvalue weighted by Crippen LogP contribution is -2.49. The van der Waals surface area contributed by atoms with E-state index in [2.05, 4.69) is 22.3 Å². The molecular weight excluding hydrogens is 304 g/mol. The summed E-state index contributed by atoms with van der Waals surface area (Å²) in [5.41, 5.74) is 3.14. The van der Waals surface area contributed by atoms with Gasteiger partial charge in [-0.3, -0.25) is 0 Å². The first-order chi connectivity index (χ1) is 11.2. The highest BCUT2D eigenvalue weighted by Crippen LogP contribution is 2.48. The fourth-order valence-corrected chi connectivity index (χ4v) is 6.18. The number of rotatable bonds is 1. The zero-order chi connectivity index (χ0) is 15.4. The maximum absolute atomic E-state index is 6.28. The van der Waals surface area contributed by atoms with Gasteiger partial charge < -0.3 is 10.2 Å². The number of benzene rings is 1. The number of piperidine rings is 1. The molecule has 1 aromatic rings. The van der Waals surface area contributed by atoms with Crippen LogP contribution in [0.2, 0.25) is 5.02 Å². The van der Waals surface area contributed by atoms with Crippen LogP contribution in [0.3, 0.4) is 0 Å². The zero-order valence-corrected chi connectivity index (χ0v) is 14.6. The Morgan fingerprint density at radius 3 is 2.52 bits per heavy atom. The van der Waals surface area contributed by atoms with Gasteiger partial charge in [0.2, 0.25) is 0 Å². The Morgan fingerprint density at radius 2 is 1.78 bits per heavy atom. The summed E-state index contributed by atoms with van der Waals surface area (Å²) in [5, 5.41) is 4.52. The lowest BCUT2D eigenvalue weighted by Gasteiger charge is -2.45. The van der Waals surface area contributed by atoms with Crippen molar-refractivity contribution in [3.63, 3.8) is 0 Å².